The van der Waals surface area contributed by atoms with Gasteiger partial charge in [0.05, 0.1) is 12.5 Å². The average molecular weight is 241 g/mol. The molecule has 0 aliphatic rings. The van der Waals surface area contributed by atoms with E-state index in [-0.39, 0.29) is 0 Å². The quantitative estimate of drug-likeness (QED) is 0.825. The molecule has 0 aliphatic heterocycles. The van der Waals surface area contributed by atoms with E-state index in [0.717, 1.165) is 30.0 Å². The molecule has 0 spiro atoms. The van der Waals surface area contributed by atoms with E-state index in [1.807, 2.05) is 25.1 Å². The lowest BCUT2D eigenvalue weighted by Gasteiger charge is -2.21. The van der Waals surface area contributed by atoms with E-state index in [1.165, 1.54) is 0 Å². The van der Waals surface area contributed by atoms with Crippen LogP contribution in [0.15, 0.2) is 35.1 Å². The lowest BCUT2D eigenvalue weighted by Crippen LogP contribution is -2.23. The predicted octanol–water partition coefficient (Wildman–Crippen LogP) is 2.88. The molecule has 4 heteroatoms. The molecule has 2 aromatic heterocycles. The summed E-state index contributed by atoms with van der Waals surface area (Å²) in [5.74, 6) is 0.820. The first-order valence-corrected chi connectivity index (χ1v) is 5.88. The molecule has 0 atom stereocenters. The third-order valence-electron chi connectivity index (χ3n) is 2.85. The molecule has 0 amide bonds. The van der Waals surface area contributed by atoms with Gasteiger partial charge in [0.15, 0.2) is 0 Å². The van der Waals surface area contributed by atoms with Crippen molar-refractivity contribution < 1.29 is 4.42 Å². The second-order valence-electron chi connectivity index (χ2n) is 4.09. The van der Waals surface area contributed by atoms with Crippen LogP contribution in [0.2, 0.25) is 0 Å². The van der Waals surface area contributed by atoms with Crippen molar-refractivity contribution in [2.24, 2.45) is 0 Å². The van der Waals surface area contributed by atoms with Crippen molar-refractivity contribution in [3.8, 4) is 6.07 Å². The zero-order valence-corrected chi connectivity index (χ0v) is 10.6. The minimum atomic E-state index is 0.484. The van der Waals surface area contributed by atoms with Gasteiger partial charge < -0.3 is 9.32 Å². The second kappa shape index (κ2) is 5.37. The highest BCUT2D eigenvalue weighted by molar-refractivity contribution is 5.45. The van der Waals surface area contributed by atoms with Gasteiger partial charge in [-0.05, 0) is 31.5 Å². The van der Waals surface area contributed by atoms with Crippen LogP contribution in [0.25, 0.3) is 0 Å². The first-order chi connectivity index (χ1) is 8.74. The van der Waals surface area contributed by atoms with Crippen molar-refractivity contribution in [2.45, 2.75) is 20.4 Å². The van der Waals surface area contributed by atoms with Gasteiger partial charge in [-0.25, -0.2) is 4.98 Å². The Kier molecular flexibility index (Phi) is 3.63. The molecular weight excluding hydrogens is 226 g/mol. The standard InChI is InChI=1S/C14H15N3O/c1-3-17(9-12-6-7-18-10-12)14-5-4-11(2)13(8-15)16-14/h4-7,10H,3,9H2,1-2H3. The number of nitrogens with zero attached hydrogens (tertiary/aromatic N) is 3. The molecule has 0 saturated heterocycles. The van der Waals surface area contributed by atoms with Gasteiger partial charge in [-0.2, -0.15) is 5.26 Å². The molecule has 4 nitrogen and oxygen atoms in total. The summed E-state index contributed by atoms with van der Waals surface area (Å²) in [6.45, 7) is 5.51. The molecule has 2 aromatic rings. The fourth-order valence-electron chi connectivity index (χ4n) is 1.77. The molecule has 92 valence electrons. The summed E-state index contributed by atoms with van der Waals surface area (Å²) in [4.78, 5) is 6.48. The number of furan rings is 1. The molecule has 0 radical (unpaired) electrons. The van der Waals surface area contributed by atoms with Crippen LogP contribution in [-0.4, -0.2) is 11.5 Å². The van der Waals surface area contributed by atoms with Crippen molar-refractivity contribution in [3.63, 3.8) is 0 Å². The summed E-state index contributed by atoms with van der Waals surface area (Å²) in [7, 11) is 0. The highest BCUT2D eigenvalue weighted by Gasteiger charge is 2.09. The van der Waals surface area contributed by atoms with E-state index in [4.69, 9.17) is 9.68 Å². The minimum Gasteiger partial charge on any atom is -0.472 e. The Labute approximate surface area is 106 Å². The molecular formula is C14H15N3O. The Morgan fingerprint density at radius 2 is 2.22 bits per heavy atom. The van der Waals surface area contributed by atoms with Gasteiger partial charge in [0, 0.05) is 18.7 Å². The molecule has 0 aromatic carbocycles. The van der Waals surface area contributed by atoms with Gasteiger partial charge in [-0.15, -0.1) is 0 Å². The van der Waals surface area contributed by atoms with Crippen LogP contribution in [0, 0.1) is 18.3 Å². The zero-order chi connectivity index (χ0) is 13.0. The van der Waals surface area contributed by atoms with Crippen LogP contribution in [0.5, 0.6) is 0 Å². The number of aryl methyl sites for hydroxylation is 1. The van der Waals surface area contributed by atoms with Gasteiger partial charge in [0.2, 0.25) is 0 Å². The van der Waals surface area contributed by atoms with Crippen LogP contribution in [-0.2, 0) is 6.54 Å². The summed E-state index contributed by atoms with van der Waals surface area (Å²) in [5.41, 5.74) is 2.48. The molecule has 0 N–H and O–H groups in total. The third-order valence-corrected chi connectivity index (χ3v) is 2.85. The Bertz CT molecular complexity index is 555. The molecule has 0 bridgehead atoms. The normalized spacial score (nSPS) is 10.1. The third kappa shape index (κ3) is 2.51. The first-order valence-electron chi connectivity index (χ1n) is 5.88. The van der Waals surface area contributed by atoms with E-state index in [0.29, 0.717) is 5.69 Å². The maximum absolute atomic E-state index is 9.01. The molecule has 0 saturated carbocycles. The number of hydrogen-bond donors (Lipinski definition) is 0. The number of nitriles is 1. The van der Waals surface area contributed by atoms with E-state index in [9.17, 15) is 0 Å². The van der Waals surface area contributed by atoms with E-state index >= 15 is 0 Å². The number of anilines is 1. The van der Waals surface area contributed by atoms with Gasteiger partial charge in [-0.3, -0.25) is 0 Å². The van der Waals surface area contributed by atoms with Crippen LogP contribution in [0.4, 0.5) is 5.82 Å². The highest BCUT2D eigenvalue weighted by atomic mass is 16.3. The highest BCUT2D eigenvalue weighted by Crippen LogP contribution is 2.17. The fourth-order valence-corrected chi connectivity index (χ4v) is 1.77. The predicted molar refractivity (Wildman–Crippen MR) is 69.1 cm³/mol. The van der Waals surface area contributed by atoms with Gasteiger partial charge in [-0.1, -0.05) is 6.07 Å². The summed E-state index contributed by atoms with van der Waals surface area (Å²) >= 11 is 0. The van der Waals surface area contributed by atoms with Crippen LogP contribution in [0.3, 0.4) is 0 Å². The second-order valence-corrected chi connectivity index (χ2v) is 4.09. The van der Waals surface area contributed by atoms with Crippen molar-refractivity contribution in [3.05, 3.63) is 47.5 Å². The van der Waals surface area contributed by atoms with Crippen molar-refractivity contribution in [1.29, 1.82) is 5.26 Å². The van der Waals surface area contributed by atoms with Crippen LogP contribution < -0.4 is 4.90 Å². The van der Waals surface area contributed by atoms with Crippen molar-refractivity contribution in [2.75, 3.05) is 11.4 Å². The molecule has 2 heterocycles. The van der Waals surface area contributed by atoms with E-state index in [1.54, 1.807) is 12.5 Å². The minimum absolute atomic E-state index is 0.484. The Hall–Kier alpha value is -2.28. The Balaban J connectivity index is 2.25. The molecule has 18 heavy (non-hydrogen) atoms. The number of hydrogen-bond acceptors (Lipinski definition) is 4. The topological polar surface area (TPSA) is 53.1 Å². The van der Waals surface area contributed by atoms with E-state index < -0.39 is 0 Å². The van der Waals surface area contributed by atoms with Gasteiger partial charge in [0.25, 0.3) is 0 Å². The zero-order valence-electron chi connectivity index (χ0n) is 10.6. The number of rotatable bonds is 4. The number of pyridine rings is 1. The molecule has 0 aliphatic carbocycles. The molecule has 2 rings (SSSR count). The first kappa shape index (κ1) is 12.2. The average Bonchev–Trinajstić information content (AvgIpc) is 2.89. The lowest BCUT2D eigenvalue weighted by molar-refractivity contribution is 0.563. The van der Waals surface area contributed by atoms with Crippen LogP contribution in [0.1, 0.15) is 23.7 Å². The Morgan fingerprint density at radius 1 is 1.39 bits per heavy atom. The maximum Gasteiger partial charge on any atom is 0.145 e. The van der Waals surface area contributed by atoms with E-state index in [2.05, 4.69) is 22.9 Å². The van der Waals surface area contributed by atoms with Crippen molar-refractivity contribution >= 4 is 5.82 Å². The summed E-state index contributed by atoms with van der Waals surface area (Å²) in [6.07, 6.45) is 3.38. The summed E-state index contributed by atoms with van der Waals surface area (Å²) in [6, 6.07) is 7.92. The molecule has 0 fully saturated rings. The monoisotopic (exact) mass is 241 g/mol. The molecule has 0 unspecified atom stereocenters. The summed E-state index contributed by atoms with van der Waals surface area (Å²) < 4.78 is 5.06. The lowest BCUT2D eigenvalue weighted by atomic mass is 10.2. The van der Waals surface area contributed by atoms with Gasteiger partial charge >= 0.3 is 0 Å². The largest absolute Gasteiger partial charge is 0.472 e. The number of aromatic nitrogens is 1. The summed E-state index contributed by atoms with van der Waals surface area (Å²) in [5, 5.41) is 9.01. The van der Waals surface area contributed by atoms with Gasteiger partial charge in [0.1, 0.15) is 17.6 Å². The fraction of sp³-hybridized carbons (Fsp3) is 0.286. The SMILES string of the molecule is CCN(Cc1ccoc1)c1ccc(C)c(C#N)n1. The van der Waals surface area contributed by atoms with Crippen molar-refractivity contribution in [1.82, 2.24) is 4.98 Å². The van der Waals surface area contributed by atoms with Crippen LogP contribution >= 0.6 is 0 Å². The maximum atomic E-state index is 9.01. The smallest absolute Gasteiger partial charge is 0.145 e. The Morgan fingerprint density at radius 3 is 2.83 bits per heavy atom.